The van der Waals surface area contributed by atoms with E-state index in [9.17, 15) is 9.50 Å². The molecule has 0 radical (unpaired) electrons. The van der Waals surface area contributed by atoms with E-state index in [0.29, 0.717) is 0 Å². The van der Waals surface area contributed by atoms with Gasteiger partial charge in [0.15, 0.2) is 0 Å². The van der Waals surface area contributed by atoms with Gasteiger partial charge in [0, 0.05) is 17.7 Å². The summed E-state index contributed by atoms with van der Waals surface area (Å²) in [7, 11) is 0. The van der Waals surface area contributed by atoms with E-state index in [1.54, 1.807) is 6.07 Å². The molecule has 0 saturated heterocycles. The number of hydrogen-bond acceptors (Lipinski definition) is 2. The third-order valence-electron chi connectivity index (χ3n) is 2.44. The summed E-state index contributed by atoms with van der Waals surface area (Å²) in [6, 6.07) is 4.19. The molecule has 1 atom stereocenters. The van der Waals surface area contributed by atoms with Gasteiger partial charge >= 0.3 is 0 Å². The smallest absolute Gasteiger partial charge is 0.126 e. The quantitative estimate of drug-likeness (QED) is 0.734. The fourth-order valence-corrected chi connectivity index (χ4v) is 1.49. The molecule has 2 nitrogen and oxygen atoms in total. The second-order valence-electron chi connectivity index (χ2n) is 3.73. The molecule has 0 spiro atoms. The van der Waals surface area contributed by atoms with Crippen molar-refractivity contribution in [3.05, 3.63) is 29.6 Å². The van der Waals surface area contributed by atoms with Crippen LogP contribution in [0.15, 0.2) is 18.2 Å². The average molecular weight is 211 g/mol. The first kappa shape index (κ1) is 12.0. The molecule has 0 aromatic heterocycles. The lowest BCUT2D eigenvalue weighted by molar-refractivity contribution is 0.446. The fourth-order valence-electron chi connectivity index (χ4n) is 1.49. The number of hydrogen-bond donors (Lipinski definition) is 2. The molecule has 0 saturated carbocycles. The molecule has 1 aromatic carbocycles. The van der Waals surface area contributed by atoms with Crippen molar-refractivity contribution >= 4 is 0 Å². The summed E-state index contributed by atoms with van der Waals surface area (Å²) in [6.07, 6.45) is 2.24. The molecule has 3 heteroatoms. The Bertz CT molecular complexity index is 314. The molecule has 15 heavy (non-hydrogen) atoms. The van der Waals surface area contributed by atoms with Crippen LogP contribution in [-0.2, 0) is 0 Å². The summed E-state index contributed by atoms with van der Waals surface area (Å²) in [5.74, 6) is -0.386. The summed E-state index contributed by atoms with van der Waals surface area (Å²) in [5.41, 5.74) is 0.743. The molecular weight excluding hydrogens is 193 g/mol. The van der Waals surface area contributed by atoms with Crippen LogP contribution in [0.3, 0.4) is 0 Å². The first-order valence-corrected chi connectivity index (χ1v) is 5.37. The Morgan fingerprint density at radius 2 is 2.20 bits per heavy atom. The van der Waals surface area contributed by atoms with Crippen LogP contribution < -0.4 is 5.32 Å². The molecule has 1 rings (SSSR count). The summed E-state index contributed by atoms with van der Waals surface area (Å²) in [5, 5.41) is 12.8. The van der Waals surface area contributed by atoms with Crippen molar-refractivity contribution in [2.75, 3.05) is 6.54 Å². The molecule has 1 aromatic rings. The third kappa shape index (κ3) is 3.51. The number of unbranched alkanes of at least 4 members (excludes halogenated alkanes) is 1. The molecule has 0 fully saturated rings. The maximum Gasteiger partial charge on any atom is 0.126 e. The predicted molar refractivity (Wildman–Crippen MR) is 59.4 cm³/mol. The van der Waals surface area contributed by atoms with Crippen molar-refractivity contribution in [1.29, 1.82) is 0 Å². The fraction of sp³-hybridized carbons (Fsp3) is 0.500. The van der Waals surface area contributed by atoms with Crippen LogP contribution in [0, 0.1) is 5.82 Å². The van der Waals surface area contributed by atoms with E-state index in [-0.39, 0.29) is 11.8 Å². The second kappa shape index (κ2) is 5.71. The predicted octanol–water partition coefficient (Wildman–Crippen LogP) is 2.98. The van der Waals surface area contributed by atoms with Crippen LogP contribution in [-0.4, -0.2) is 11.7 Å². The van der Waals surface area contributed by atoms with Gasteiger partial charge in [-0.15, -0.1) is 0 Å². The Morgan fingerprint density at radius 1 is 1.47 bits per heavy atom. The number of benzene rings is 1. The summed E-state index contributed by atoms with van der Waals surface area (Å²) >= 11 is 0. The SMILES string of the molecule is CCCCN[C@H](C)c1ccc(F)cc1O. The molecule has 0 aliphatic heterocycles. The molecule has 84 valence electrons. The minimum absolute atomic E-state index is 0.0199. The molecule has 0 aliphatic rings. The summed E-state index contributed by atoms with van der Waals surface area (Å²) < 4.78 is 12.7. The van der Waals surface area contributed by atoms with Crippen molar-refractivity contribution in [3.8, 4) is 5.75 Å². The van der Waals surface area contributed by atoms with E-state index in [4.69, 9.17) is 0 Å². The normalized spacial score (nSPS) is 12.7. The molecule has 0 unspecified atom stereocenters. The van der Waals surface area contributed by atoms with Gasteiger partial charge in [0.1, 0.15) is 11.6 Å². The van der Waals surface area contributed by atoms with Gasteiger partial charge in [0.2, 0.25) is 0 Å². The van der Waals surface area contributed by atoms with Gasteiger partial charge < -0.3 is 10.4 Å². The lowest BCUT2D eigenvalue weighted by atomic mass is 10.1. The lowest BCUT2D eigenvalue weighted by Gasteiger charge is -2.15. The van der Waals surface area contributed by atoms with E-state index >= 15 is 0 Å². The zero-order valence-electron chi connectivity index (χ0n) is 9.26. The highest BCUT2D eigenvalue weighted by Crippen LogP contribution is 2.24. The number of nitrogens with one attached hydrogen (secondary N) is 1. The maximum atomic E-state index is 12.7. The van der Waals surface area contributed by atoms with Crippen LogP contribution in [0.2, 0.25) is 0 Å². The van der Waals surface area contributed by atoms with Gasteiger partial charge in [0.05, 0.1) is 0 Å². The van der Waals surface area contributed by atoms with Crippen LogP contribution in [0.5, 0.6) is 5.75 Å². The largest absolute Gasteiger partial charge is 0.508 e. The Kier molecular flexibility index (Phi) is 4.56. The Balaban J connectivity index is 2.61. The zero-order chi connectivity index (χ0) is 11.3. The minimum Gasteiger partial charge on any atom is -0.508 e. The first-order valence-electron chi connectivity index (χ1n) is 5.37. The lowest BCUT2D eigenvalue weighted by Crippen LogP contribution is -2.19. The Labute approximate surface area is 90.1 Å². The van der Waals surface area contributed by atoms with Crippen LogP contribution in [0.25, 0.3) is 0 Å². The first-order chi connectivity index (χ1) is 7.15. The van der Waals surface area contributed by atoms with Gasteiger partial charge in [-0.1, -0.05) is 19.4 Å². The highest BCUT2D eigenvalue weighted by Gasteiger charge is 2.09. The van der Waals surface area contributed by atoms with Crippen molar-refractivity contribution in [1.82, 2.24) is 5.32 Å². The highest BCUT2D eigenvalue weighted by atomic mass is 19.1. The standard InChI is InChI=1S/C12H18FNO/c1-3-4-7-14-9(2)11-6-5-10(13)8-12(11)15/h5-6,8-9,14-15H,3-4,7H2,1-2H3/t9-/m1/s1. The summed E-state index contributed by atoms with van der Waals surface area (Å²) in [6.45, 7) is 5.00. The number of halogens is 1. The van der Waals surface area contributed by atoms with Crippen molar-refractivity contribution in [2.45, 2.75) is 32.7 Å². The van der Waals surface area contributed by atoms with Gasteiger partial charge in [-0.25, -0.2) is 4.39 Å². The monoisotopic (exact) mass is 211 g/mol. The van der Waals surface area contributed by atoms with Gasteiger partial charge in [-0.2, -0.15) is 0 Å². The molecule has 0 bridgehead atoms. The van der Waals surface area contributed by atoms with Gasteiger partial charge in [-0.05, 0) is 26.0 Å². The minimum atomic E-state index is -0.406. The zero-order valence-corrected chi connectivity index (χ0v) is 9.26. The highest BCUT2D eigenvalue weighted by molar-refractivity contribution is 5.34. The molecular formula is C12H18FNO. The average Bonchev–Trinajstić information content (AvgIpc) is 2.17. The number of phenolic OH excluding ortho intramolecular Hbond substituents is 1. The van der Waals surface area contributed by atoms with E-state index in [1.165, 1.54) is 6.07 Å². The van der Waals surface area contributed by atoms with E-state index in [0.717, 1.165) is 31.0 Å². The number of aromatic hydroxyl groups is 1. The number of rotatable bonds is 5. The number of phenols is 1. The third-order valence-corrected chi connectivity index (χ3v) is 2.44. The molecule has 2 N–H and O–H groups in total. The molecule has 0 aliphatic carbocycles. The van der Waals surface area contributed by atoms with Crippen LogP contribution >= 0.6 is 0 Å². The topological polar surface area (TPSA) is 32.3 Å². The molecule has 0 amide bonds. The maximum absolute atomic E-state index is 12.7. The van der Waals surface area contributed by atoms with Crippen molar-refractivity contribution < 1.29 is 9.50 Å². The Morgan fingerprint density at radius 3 is 2.80 bits per heavy atom. The summed E-state index contributed by atoms with van der Waals surface area (Å²) in [4.78, 5) is 0. The van der Waals surface area contributed by atoms with Crippen LogP contribution in [0.4, 0.5) is 4.39 Å². The van der Waals surface area contributed by atoms with E-state index < -0.39 is 5.82 Å². The van der Waals surface area contributed by atoms with E-state index in [2.05, 4.69) is 12.2 Å². The van der Waals surface area contributed by atoms with Crippen LogP contribution in [0.1, 0.15) is 38.3 Å². The molecule has 0 heterocycles. The van der Waals surface area contributed by atoms with Gasteiger partial charge in [0.25, 0.3) is 0 Å². The van der Waals surface area contributed by atoms with Crippen molar-refractivity contribution in [2.24, 2.45) is 0 Å². The van der Waals surface area contributed by atoms with E-state index in [1.807, 2.05) is 6.92 Å². The second-order valence-corrected chi connectivity index (χ2v) is 3.73. The van der Waals surface area contributed by atoms with Crippen molar-refractivity contribution in [3.63, 3.8) is 0 Å². The van der Waals surface area contributed by atoms with Gasteiger partial charge in [-0.3, -0.25) is 0 Å². The Hall–Kier alpha value is -1.09.